The number of benzene rings is 3. The predicted octanol–water partition coefficient (Wildman–Crippen LogP) is 6.98. The Kier molecular flexibility index (Phi) is 4.74. The van der Waals surface area contributed by atoms with Crippen LogP contribution < -0.4 is 5.32 Å². The van der Waals surface area contributed by atoms with Crippen molar-refractivity contribution in [2.75, 3.05) is 11.9 Å². The van der Waals surface area contributed by atoms with Crippen LogP contribution in [0.2, 0.25) is 0 Å². The summed E-state index contributed by atoms with van der Waals surface area (Å²) < 4.78 is 5.94. The Morgan fingerprint density at radius 1 is 0.808 bits per heavy atom. The van der Waals surface area contributed by atoms with Crippen molar-refractivity contribution in [3.8, 4) is 22.3 Å². The van der Waals surface area contributed by atoms with Crippen LogP contribution in [0.15, 0.2) is 83.5 Å². The van der Waals surface area contributed by atoms with Gasteiger partial charge < -0.3 is 9.73 Å². The molecule has 0 atom stereocenters. The van der Waals surface area contributed by atoms with Crippen molar-refractivity contribution in [3.63, 3.8) is 0 Å². The van der Waals surface area contributed by atoms with Gasteiger partial charge in [0.25, 0.3) is 0 Å². The van der Waals surface area contributed by atoms with Crippen molar-refractivity contribution in [3.05, 3.63) is 79.1 Å². The zero-order chi connectivity index (χ0) is 17.8. The molecule has 0 aliphatic carbocycles. The molecule has 0 radical (unpaired) electrons. The molecule has 0 bridgehead atoms. The highest BCUT2D eigenvalue weighted by Gasteiger charge is 2.16. The van der Waals surface area contributed by atoms with Crippen LogP contribution in [0.4, 0.5) is 5.69 Å². The summed E-state index contributed by atoms with van der Waals surface area (Å²) >= 11 is 0. The van der Waals surface area contributed by atoms with Gasteiger partial charge in [-0.3, -0.25) is 0 Å². The average molecular weight is 341 g/mol. The number of nitrogens with one attached hydrogen (secondary N) is 1. The summed E-state index contributed by atoms with van der Waals surface area (Å²) in [6, 6.07) is 25.4. The highest BCUT2D eigenvalue weighted by molar-refractivity contribution is 6.06. The molecule has 1 aromatic heterocycles. The lowest BCUT2D eigenvalue weighted by Crippen LogP contribution is -2.03. The fraction of sp³-hybridized carbons (Fsp3) is 0.167. The predicted molar refractivity (Wildman–Crippen MR) is 110 cm³/mol. The molecule has 2 heteroatoms. The topological polar surface area (TPSA) is 25.2 Å². The molecule has 0 amide bonds. The van der Waals surface area contributed by atoms with Crippen LogP contribution in [0.25, 0.3) is 33.2 Å². The fourth-order valence-electron chi connectivity index (χ4n) is 3.40. The number of fused-ring (bicyclic) bond motifs is 1. The molecule has 2 nitrogen and oxygen atoms in total. The number of anilines is 1. The summed E-state index contributed by atoms with van der Waals surface area (Å²) in [6.07, 6.45) is 4.09. The van der Waals surface area contributed by atoms with Gasteiger partial charge in [0.2, 0.25) is 0 Å². The second-order valence-electron chi connectivity index (χ2n) is 6.52. The number of furan rings is 1. The van der Waals surface area contributed by atoms with Crippen LogP contribution in [0.5, 0.6) is 0 Å². The molecule has 0 spiro atoms. The molecule has 0 saturated carbocycles. The Labute approximate surface area is 154 Å². The van der Waals surface area contributed by atoms with Crippen molar-refractivity contribution in [2.24, 2.45) is 0 Å². The van der Waals surface area contributed by atoms with Crippen molar-refractivity contribution < 1.29 is 4.42 Å². The lowest BCUT2D eigenvalue weighted by atomic mass is 9.94. The second-order valence-corrected chi connectivity index (χ2v) is 6.52. The van der Waals surface area contributed by atoms with E-state index >= 15 is 0 Å². The second kappa shape index (κ2) is 7.49. The zero-order valence-electron chi connectivity index (χ0n) is 15.0. The molecule has 1 N–H and O–H groups in total. The van der Waals surface area contributed by atoms with E-state index in [1.807, 2.05) is 0 Å². The number of unbranched alkanes of at least 4 members (excludes halogenated alkanes) is 1. The van der Waals surface area contributed by atoms with Gasteiger partial charge in [-0.2, -0.15) is 0 Å². The van der Waals surface area contributed by atoms with Crippen LogP contribution in [0.1, 0.15) is 19.8 Å². The van der Waals surface area contributed by atoms with E-state index in [1.165, 1.54) is 22.3 Å². The molecule has 0 aliphatic heterocycles. The monoisotopic (exact) mass is 341 g/mol. The molecule has 0 saturated heterocycles. The first kappa shape index (κ1) is 16.5. The van der Waals surface area contributed by atoms with E-state index in [4.69, 9.17) is 4.42 Å². The third-order valence-corrected chi connectivity index (χ3v) is 4.74. The summed E-state index contributed by atoms with van der Waals surface area (Å²) in [7, 11) is 0. The normalized spacial score (nSPS) is 11.0. The number of hydrogen-bond acceptors (Lipinski definition) is 2. The van der Waals surface area contributed by atoms with Crippen molar-refractivity contribution in [1.29, 1.82) is 0 Å². The van der Waals surface area contributed by atoms with E-state index in [0.29, 0.717) is 0 Å². The lowest BCUT2D eigenvalue weighted by Gasteiger charge is -2.16. The third-order valence-electron chi connectivity index (χ3n) is 4.74. The minimum atomic E-state index is 0.932. The van der Waals surface area contributed by atoms with Gasteiger partial charge in [-0.1, -0.05) is 74.0 Å². The van der Waals surface area contributed by atoms with Gasteiger partial charge in [-0.05, 0) is 35.2 Å². The first-order valence-corrected chi connectivity index (χ1v) is 9.27. The summed E-state index contributed by atoms with van der Waals surface area (Å²) in [5.74, 6) is 0. The standard InChI is InChI=1S/C24H23NO/c1-2-3-15-25-23-22(19-12-8-5-9-13-19)17-21(18-10-6-4-7-11-18)20-14-16-26-24(20)23/h4-14,16-17,25H,2-3,15H2,1H3. The average Bonchev–Trinajstić information content (AvgIpc) is 3.19. The zero-order valence-corrected chi connectivity index (χ0v) is 15.0. The van der Waals surface area contributed by atoms with Crippen molar-refractivity contribution in [2.45, 2.75) is 19.8 Å². The van der Waals surface area contributed by atoms with Crippen molar-refractivity contribution in [1.82, 2.24) is 0 Å². The molecule has 130 valence electrons. The van der Waals surface area contributed by atoms with E-state index < -0.39 is 0 Å². The molecule has 0 fully saturated rings. The Morgan fingerprint density at radius 3 is 2.12 bits per heavy atom. The summed E-state index contributed by atoms with van der Waals surface area (Å²) in [4.78, 5) is 0. The minimum absolute atomic E-state index is 0.932. The maximum Gasteiger partial charge on any atom is 0.158 e. The quantitative estimate of drug-likeness (QED) is 0.383. The van der Waals surface area contributed by atoms with Gasteiger partial charge in [-0.15, -0.1) is 0 Å². The molecule has 26 heavy (non-hydrogen) atoms. The molecule has 3 aromatic carbocycles. The smallest absolute Gasteiger partial charge is 0.158 e. The molecular weight excluding hydrogens is 318 g/mol. The highest BCUT2D eigenvalue weighted by Crippen LogP contribution is 2.41. The minimum Gasteiger partial charge on any atom is -0.462 e. The Morgan fingerprint density at radius 2 is 1.46 bits per heavy atom. The van der Waals surface area contributed by atoms with Gasteiger partial charge in [0.1, 0.15) is 0 Å². The van der Waals surface area contributed by atoms with Gasteiger partial charge in [0.05, 0.1) is 12.0 Å². The van der Waals surface area contributed by atoms with Gasteiger partial charge in [-0.25, -0.2) is 0 Å². The summed E-state index contributed by atoms with van der Waals surface area (Å²) in [5, 5.41) is 4.77. The molecule has 4 aromatic rings. The van der Waals surface area contributed by atoms with Gasteiger partial charge in [0, 0.05) is 17.5 Å². The van der Waals surface area contributed by atoms with Crippen molar-refractivity contribution >= 4 is 16.7 Å². The van der Waals surface area contributed by atoms with E-state index in [1.54, 1.807) is 6.26 Å². The Bertz CT molecular complexity index is 987. The summed E-state index contributed by atoms with van der Waals surface area (Å²) in [5.41, 5.74) is 6.81. The van der Waals surface area contributed by atoms with Gasteiger partial charge in [0.15, 0.2) is 5.58 Å². The maximum atomic E-state index is 5.94. The van der Waals surface area contributed by atoms with E-state index in [0.717, 1.165) is 36.0 Å². The number of rotatable bonds is 6. The number of hydrogen-bond donors (Lipinski definition) is 1. The Balaban J connectivity index is 1.95. The van der Waals surface area contributed by atoms with E-state index in [9.17, 15) is 0 Å². The molecule has 0 unspecified atom stereocenters. The van der Waals surface area contributed by atoms with Crippen LogP contribution >= 0.6 is 0 Å². The largest absolute Gasteiger partial charge is 0.462 e. The first-order valence-electron chi connectivity index (χ1n) is 9.27. The lowest BCUT2D eigenvalue weighted by molar-refractivity contribution is 0.616. The van der Waals surface area contributed by atoms with E-state index in [-0.39, 0.29) is 0 Å². The maximum absolute atomic E-state index is 5.94. The van der Waals surface area contributed by atoms with Crippen LogP contribution in [-0.4, -0.2) is 6.54 Å². The fourth-order valence-corrected chi connectivity index (χ4v) is 3.40. The molecule has 4 rings (SSSR count). The SMILES string of the molecule is CCCCNc1c(-c2ccccc2)cc(-c2ccccc2)c2ccoc12. The van der Waals surface area contributed by atoms with E-state index in [2.05, 4.69) is 85.0 Å². The molecule has 0 aliphatic rings. The highest BCUT2D eigenvalue weighted by atomic mass is 16.3. The van der Waals surface area contributed by atoms with Crippen LogP contribution in [-0.2, 0) is 0 Å². The molecule has 1 heterocycles. The molecular formula is C24H23NO. The first-order chi connectivity index (χ1) is 12.9. The third kappa shape index (κ3) is 3.11. The van der Waals surface area contributed by atoms with Crippen LogP contribution in [0.3, 0.4) is 0 Å². The van der Waals surface area contributed by atoms with Crippen LogP contribution in [0, 0.1) is 0 Å². The Hall–Kier alpha value is -3.00. The summed E-state index contributed by atoms with van der Waals surface area (Å²) in [6.45, 7) is 3.15. The van der Waals surface area contributed by atoms with Gasteiger partial charge >= 0.3 is 0 Å².